The van der Waals surface area contributed by atoms with Gasteiger partial charge in [-0.15, -0.1) is 0 Å². The summed E-state index contributed by atoms with van der Waals surface area (Å²) in [6.07, 6.45) is -1.15. The molecule has 63 heavy (non-hydrogen) atoms. The molecule has 5 nitrogen and oxygen atoms in total. The van der Waals surface area contributed by atoms with Gasteiger partial charge in [0, 0.05) is 21.7 Å². The van der Waals surface area contributed by atoms with Crippen molar-refractivity contribution in [2.24, 2.45) is 0 Å². The molecular formula is C52H64Cl3F3O5. The Labute approximate surface area is 388 Å². The first-order valence-electron chi connectivity index (χ1n) is 20.8. The van der Waals surface area contributed by atoms with E-state index in [-0.39, 0.29) is 21.3 Å². The van der Waals surface area contributed by atoms with E-state index >= 15 is 0 Å². The van der Waals surface area contributed by atoms with Crippen molar-refractivity contribution in [3.8, 4) is 23.0 Å². The van der Waals surface area contributed by atoms with Crippen molar-refractivity contribution in [2.75, 3.05) is 21.3 Å². The average Bonchev–Trinajstić information content (AvgIpc) is 4.01. The highest BCUT2D eigenvalue weighted by atomic mass is 35.5. The molecule has 0 aliphatic heterocycles. The zero-order valence-electron chi connectivity index (χ0n) is 39.3. The number of aromatic hydroxyl groups is 1. The lowest BCUT2D eigenvalue weighted by molar-refractivity contribution is -0.137. The van der Waals surface area contributed by atoms with E-state index in [0.717, 1.165) is 45.4 Å². The van der Waals surface area contributed by atoms with Gasteiger partial charge in [-0.25, -0.2) is 0 Å². The number of fused-ring (bicyclic) bond motifs is 1. The van der Waals surface area contributed by atoms with E-state index in [9.17, 15) is 23.1 Å². The minimum Gasteiger partial charge on any atom is -0.508 e. The Balaban J connectivity index is 0.000000224. The molecule has 1 fully saturated rings. The van der Waals surface area contributed by atoms with E-state index in [0.29, 0.717) is 33.6 Å². The first-order chi connectivity index (χ1) is 28.9. The quantitative estimate of drug-likeness (QED) is 0.178. The normalized spacial score (nSPS) is 13.1. The summed E-state index contributed by atoms with van der Waals surface area (Å²) >= 11 is 17.8. The average molecular weight is 932 g/mol. The van der Waals surface area contributed by atoms with E-state index < -0.39 is 17.2 Å². The van der Waals surface area contributed by atoms with Crippen LogP contribution in [0.15, 0.2) is 72.8 Å². The van der Waals surface area contributed by atoms with Gasteiger partial charge in [0.25, 0.3) is 0 Å². The molecule has 0 saturated heterocycles. The lowest BCUT2D eigenvalue weighted by atomic mass is 9.85. The van der Waals surface area contributed by atoms with E-state index in [2.05, 4.69) is 80.5 Å². The highest BCUT2D eigenvalue weighted by Gasteiger charge is 2.36. The topological polar surface area (TPSA) is 65.0 Å². The molecule has 0 spiro atoms. The fourth-order valence-electron chi connectivity index (χ4n) is 6.81. The number of halogens is 6. The van der Waals surface area contributed by atoms with Gasteiger partial charge in [-0.1, -0.05) is 142 Å². The van der Waals surface area contributed by atoms with Gasteiger partial charge in [0.05, 0.1) is 36.9 Å². The van der Waals surface area contributed by atoms with Gasteiger partial charge in [0.15, 0.2) is 6.29 Å². The van der Waals surface area contributed by atoms with Gasteiger partial charge >= 0.3 is 6.18 Å². The summed E-state index contributed by atoms with van der Waals surface area (Å²) in [6.45, 7) is 24.6. The van der Waals surface area contributed by atoms with E-state index in [1.54, 1.807) is 26.4 Å². The molecule has 0 heterocycles. The van der Waals surface area contributed by atoms with Crippen LogP contribution in [0, 0.1) is 0 Å². The maximum Gasteiger partial charge on any atom is 0.417 e. The Bertz CT molecular complexity index is 2360. The monoisotopic (exact) mass is 930 g/mol. The van der Waals surface area contributed by atoms with Crippen LogP contribution in [-0.2, 0) is 27.8 Å². The Morgan fingerprint density at radius 3 is 1.33 bits per heavy atom. The number of carbonyl (C=O) groups is 1. The minimum absolute atomic E-state index is 0.0197. The summed E-state index contributed by atoms with van der Waals surface area (Å²) in [5.74, 6) is 3.07. The number of ether oxygens (including phenoxy) is 3. The number of phenolic OH excluding ortho intramolecular Hbond substituents is 1. The summed E-state index contributed by atoms with van der Waals surface area (Å²) in [7, 11) is 4.72. The molecule has 1 aliphatic carbocycles. The molecule has 0 amide bonds. The molecule has 1 aliphatic rings. The van der Waals surface area contributed by atoms with Crippen LogP contribution >= 0.6 is 34.8 Å². The predicted molar refractivity (Wildman–Crippen MR) is 257 cm³/mol. The summed E-state index contributed by atoms with van der Waals surface area (Å²) < 4.78 is 53.9. The van der Waals surface area contributed by atoms with Crippen LogP contribution in [-0.4, -0.2) is 32.7 Å². The fourth-order valence-corrected chi connectivity index (χ4v) is 7.57. The number of hydrogen-bond acceptors (Lipinski definition) is 5. The molecule has 0 bridgehead atoms. The third-order valence-corrected chi connectivity index (χ3v) is 11.4. The highest BCUT2D eigenvalue weighted by molar-refractivity contribution is 6.33. The molecule has 0 radical (unpaired) electrons. The fraction of sp³-hybridized carbons (Fsp3) is 0.442. The van der Waals surface area contributed by atoms with Gasteiger partial charge in [-0.3, -0.25) is 4.79 Å². The van der Waals surface area contributed by atoms with Crippen molar-refractivity contribution in [1.82, 2.24) is 0 Å². The summed E-state index contributed by atoms with van der Waals surface area (Å²) in [5.41, 5.74) is 4.24. The summed E-state index contributed by atoms with van der Waals surface area (Å²) in [4.78, 5) is 10.8. The third kappa shape index (κ3) is 14.4. The number of alkyl halides is 3. The summed E-state index contributed by atoms with van der Waals surface area (Å²) in [5, 5.41) is 13.1. The maximum absolute atomic E-state index is 12.7. The first-order valence-corrected chi connectivity index (χ1v) is 21.9. The lowest BCUT2D eigenvalue weighted by Crippen LogP contribution is -2.16. The second kappa shape index (κ2) is 20.8. The second-order valence-electron chi connectivity index (χ2n) is 19.8. The van der Waals surface area contributed by atoms with Crippen LogP contribution in [0.4, 0.5) is 13.2 Å². The van der Waals surface area contributed by atoms with Crippen molar-refractivity contribution < 1.29 is 37.3 Å². The first kappa shape index (κ1) is 53.2. The number of benzene rings is 5. The zero-order chi connectivity index (χ0) is 48.0. The van der Waals surface area contributed by atoms with Crippen molar-refractivity contribution in [3.63, 3.8) is 0 Å². The molecule has 0 atom stereocenters. The molecular weight excluding hydrogens is 868 g/mol. The molecule has 344 valence electrons. The number of aldehydes is 1. The molecule has 1 saturated carbocycles. The Morgan fingerprint density at radius 2 is 0.937 bits per heavy atom. The van der Waals surface area contributed by atoms with Gasteiger partial charge in [0.2, 0.25) is 0 Å². The SMILES string of the molecule is CC(C)(C)c1cc2ccccc2cc1O.COc1cc(Cl)c(C(F)(F)F)cc1C(C)(C)C.COc1cc(Cl)c(C2CC2)cc1C(C)(C)C.COc1cc(Cl)c(C=O)cc1C(C)(C)C. The number of carbonyl (C=O) groups excluding carboxylic acids is 1. The van der Waals surface area contributed by atoms with Gasteiger partial charge in [0.1, 0.15) is 23.0 Å². The van der Waals surface area contributed by atoms with E-state index in [1.807, 2.05) is 51.1 Å². The van der Waals surface area contributed by atoms with Crippen LogP contribution in [0.25, 0.3) is 10.8 Å². The Kier molecular flexibility index (Phi) is 17.6. The van der Waals surface area contributed by atoms with E-state index in [1.165, 1.54) is 42.5 Å². The van der Waals surface area contributed by atoms with Crippen molar-refractivity contribution in [1.29, 1.82) is 0 Å². The van der Waals surface area contributed by atoms with Crippen molar-refractivity contribution in [3.05, 3.63) is 127 Å². The smallest absolute Gasteiger partial charge is 0.417 e. The van der Waals surface area contributed by atoms with Gasteiger partial charge in [-0.05, 0) is 116 Å². The highest BCUT2D eigenvalue weighted by Crippen LogP contribution is 2.47. The van der Waals surface area contributed by atoms with Crippen LogP contribution in [0.5, 0.6) is 23.0 Å². The van der Waals surface area contributed by atoms with Crippen LogP contribution in [0.1, 0.15) is 146 Å². The molecule has 0 unspecified atom stereocenters. The van der Waals surface area contributed by atoms with Crippen LogP contribution in [0.3, 0.4) is 0 Å². The molecule has 11 heteroatoms. The maximum atomic E-state index is 12.7. The Hall–Kier alpha value is -4.11. The molecule has 6 rings (SSSR count). The third-order valence-electron chi connectivity index (χ3n) is 10.5. The number of hydrogen-bond donors (Lipinski definition) is 1. The van der Waals surface area contributed by atoms with Gasteiger partial charge in [-0.2, -0.15) is 13.2 Å². The van der Waals surface area contributed by atoms with Crippen molar-refractivity contribution in [2.45, 2.75) is 130 Å². The number of methoxy groups -OCH3 is 3. The molecule has 5 aromatic rings. The minimum atomic E-state index is -4.46. The molecule has 1 N–H and O–H groups in total. The van der Waals surface area contributed by atoms with E-state index in [4.69, 9.17) is 49.0 Å². The lowest BCUT2D eigenvalue weighted by Gasteiger charge is -2.24. The largest absolute Gasteiger partial charge is 0.508 e. The molecule has 0 aromatic heterocycles. The second-order valence-corrected chi connectivity index (χ2v) is 21.0. The van der Waals surface area contributed by atoms with Crippen molar-refractivity contribution >= 4 is 51.9 Å². The molecule has 5 aromatic carbocycles. The predicted octanol–water partition coefficient (Wildman–Crippen LogP) is 16.5. The Morgan fingerprint density at radius 1 is 0.540 bits per heavy atom. The number of phenols is 1. The number of rotatable bonds is 5. The standard InChI is InChI=1S/C14H19ClO.C14H16O.C12H14ClF3O.C12H15ClO2/c1-14(2,3)11-7-10(9-5-6-9)12(15)8-13(11)16-4;1-14(2,3)12-8-10-6-4-5-7-11(10)9-13(12)15;1-11(2,3)8-5-7(12(14,15)16)9(13)6-10(8)17-4;1-12(2,3)9-5-8(7-14)10(13)6-11(9)15-4/h7-9H,5-6H2,1-4H3;4-9,15H,1-3H3;5-6H,1-4H3;5-7H,1-4H3. The zero-order valence-corrected chi connectivity index (χ0v) is 41.6. The van der Waals surface area contributed by atoms with Crippen LogP contribution in [0.2, 0.25) is 15.1 Å². The van der Waals surface area contributed by atoms with Crippen LogP contribution < -0.4 is 14.2 Å². The summed E-state index contributed by atoms with van der Waals surface area (Å²) in [6, 6.07) is 22.0. The van der Waals surface area contributed by atoms with Gasteiger partial charge < -0.3 is 19.3 Å².